The van der Waals surface area contributed by atoms with Gasteiger partial charge in [0.1, 0.15) is 0 Å². The van der Waals surface area contributed by atoms with Crippen LogP contribution in [-0.2, 0) is 25.5 Å². The fourth-order valence-electron chi connectivity index (χ4n) is 1.64. The zero-order valence-electron chi connectivity index (χ0n) is 12.6. The van der Waals surface area contributed by atoms with Crippen LogP contribution in [0.15, 0.2) is 28.8 Å². The molecule has 1 aromatic carbocycles. The number of hydrogen-bond donors (Lipinski definition) is 1. The van der Waals surface area contributed by atoms with E-state index in [1.807, 2.05) is 0 Å². The maximum absolute atomic E-state index is 11.8. The predicted octanol–water partition coefficient (Wildman–Crippen LogP) is 2.11. The SMILES string of the molecule is C=C(CC(=O)OC(=O)Cc1cc(OC)c(OC)cc1Br)C(=O)O. The number of benzene rings is 1. The number of carboxylic acids is 1. The Morgan fingerprint density at radius 1 is 1.13 bits per heavy atom. The van der Waals surface area contributed by atoms with Crippen LogP contribution < -0.4 is 9.47 Å². The van der Waals surface area contributed by atoms with Crippen molar-refractivity contribution in [2.75, 3.05) is 14.2 Å². The molecule has 0 bridgehead atoms. The molecule has 1 aromatic rings. The molecule has 23 heavy (non-hydrogen) atoms. The van der Waals surface area contributed by atoms with Gasteiger partial charge in [-0.1, -0.05) is 22.5 Å². The summed E-state index contributed by atoms with van der Waals surface area (Å²) in [7, 11) is 2.93. The highest BCUT2D eigenvalue weighted by Crippen LogP contribution is 2.33. The quantitative estimate of drug-likeness (QED) is 0.435. The van der Waals surface area contributed by atoms with Crippen LogP contribution in [0.1, 0.15) is 12.0 Å². The summed E-state index contributed by atoms with van der Waals surface area (Å²) in [5.41, 5.74) is 0.174. The lowest BCUT2D eigenvalue weighted by Crippen LogP contribution is -2.16. The second-order valence-electron chi connectivity index (χ2n) is 4.41. The summed E-state index contributed by atoms with van der Waals surface area (Å²) in [6, 6.07) is 3.19. The van der Waals surface area contributed by atoms with Crippen LogP contribution in [0.2, 0.25) is 0 Å². The van der Waals surface area contributed by atoms with Gasteiger partial charge in [-0.3, -0.25) is 9.59 Å². The monoisotopic (exact) mass is 386 g/mol. The number of esters is 2. The van der Waals surface area contributed by atoms with Crippen LogP contribution >= 0.6 is 15.9 Å². The van der Waals surface area contributed by atoms with Crippen molar-refractivity contribution in [3.8, 4) is 11.5 Å². The summed E-state index contributed by atoms with van der Waals surface area (Å²) in [6.45, 7) is 3.19. The van der Waals surface area contributed by atoms with E-state index in [0.29, 0.717) is 21.5 Å². The zero-order valence-corrected chi connectivity index (χ0v) is 14.1. The standard InChI is InChI=1S/C15H15BrO7/c1-8(15(19)20)4-13(17)23-14(18)6-9-5-11(21-2)12(22-3)7-10(9)16/h5,7H,1,4,6H2,2-3H3,(H,19,20). The highest BCUT2D eigenvalue weighted by molar-refractivity contribution is 9.10. The molecule has 0 aliphatic heterocycles. The lowest BCUT2D eigenvalue weighted by molar-refractivity contribution is -0.159. The van der Waals surface area contributed by atoms with Crippen molar-refractivity contribution in [3.63, 3.8) is 0 Å². The van der Waals surface area contributed by atoms with Crippen LogP contribution in [0.4, 0.5) is 0 Å². The number of carboxylic acid groups (broad SMARTS) is 1. The van der Waals surface area contributed by atoms with Crippen molar-refractivity contribution in [1.82, 2.24) is 0 Å². The van der Waals surface area contributed by atoms with Gasteiger partial charge in [0.05, 0.1) is 27.1 Å². The van der Waals surface area contributed by atoms with E-state index in [1.165, 1.54) is 14.2 Å². The van der Waals surface area contributed by atoms with Gasteiger partial charge >= 0.3 is 17.9 Å². The number of halogens is 1. The van der Waals surface area contributed by atoms with E-state index in [4.69, 9.17) is 14.6 Å². The molecule has 0 amide bonds. The van der Waals surface area contributed by atoms with Crippen LogP contribution in [0.5, 0.6) is 11.5 Å². The number of carbonyl (C=O) groups is 3. The molecule has 0 atom stereocenters. The molecule has 0 spiro atoms. The van der Waals surface area contributed by atoms with Crippen LogP contribution in [-0.4, -0.2) is 37.2 Å². The number of methoxy groups -OCH3 is 2. The van der Waals surface area contributed by atoms with Crippen molar-refractivity contribution >= 4 is 33.8 Å². The molecular weight excluding hydrogens is 372 g/mol. The molecule has 0 saturated carbocycles. The molecule has 0 aliphatic carbocycles. The number of rotatable bonds is 7. The van der Waals surface area contributed by atoms with Gasteiger partial charge in [0.2, 0.25) is 0 Å². The summed E-state index contributed by atoms with van der Waals surface area (Å²) in [5.74, 6) is -2.22. The molecule has 0 fully saturated rings. The van der Waals surface area contributed by atoms with Crippen molar-refractivity contribution < 1.29 is 33.7 Å². The largest absolute Gasteiger partial charge is 0.493 e. The lowest BCUT2D eigenvalue weighted by atomic mass is 10.1. The van der Waals surface area contributed by atoms with Crippen LogP contribution in [0.3, 0.4) is 0 Å². The van der Waals surface area contributed by atoms with Gasteiger partial charge in [0.15, 0.2) is 11.5 Å². The lowest BCUT2D eigenvalue weighted by Gasteiger charge is -2.11. The van der Waals surface area contributed by atoms with Gasteiger partial charge in [0, 0.05) is 10.0 Å². The summed E-state index contributed by atoms with van der Waals surface area (Å²) in [4.78, 5) is 33.8. The Balaban J connectivity index is 2.76. The number of carbonyl (C=O) groups excluding carboxylic acids is 2. The van der Waals surface area contributed by atoms with Crippen molar-refractivity contribution in [1.29, 1.82) is 0 Å². The third-order valence-electron chi connectivity index (χ3n) is 2.78. The van der Waals surface area contributed by atoms with Gasteiger partial charge < -0.3 is 19.3 Å². The van der Waals surface area contributed by atoms with E-state index in [1.54, 1.807) is 12.1 Å². The number of hydrogen-bond acceptors (Lipinski definition) is 6. The first-order valence-corrected chi connectivity index (χ1v) is 7.12. The van der Waals surface area contributed by atoms with E-state index >= 15 is 0 Å². The highest BCUT2D eigenvalue weighted by Gasteiger charge is 2.18. The van der Waals surface area contributed by atoms with Crippen molar-refractivity contribution in [2.24, 2.45) is 0 Å². The van der Waals surface area contributed by atoms with Crippen LogP contribution in [0, 0.1) is 0 Å². The Hall–Kier alpha value is -2.35. The molecule has 1 rings (SSSR count). The summed E-state index contributed by atoms with van der Waals surface area (Å²) < 4.78 is 15.4. The predicted molar refractivity (Wildman–Crippen MR) is 83.4 cm³/mol. The summed E-state index contributed by atoms with van der Waals surface area (Å²) in [6.07, 6.45) is -0.763. The Bertz CT molecular complexity index is 651. The molecule has 0 heterocycles. The fraction of sp³-hybridized carbons (Fsp3) is 0.267. The number of aliphatic carboxylic acids is 1. The maximum Gasteiger partial charge on any atom is 0.331 e. The first-order valence-electron chi connectivity index (χ1n) is 6.33. The van der Waals surface area contributed by atoms with E-state index in [-0.39, 0.29) is 12.0 Å². The first-order chi connectivity index (χ1) is 10.8. The van der Waals surface area contributed by atoms with Crippen molar-refractivity contribution in [3.05, 3.63) is 34.3 Å². The van der Waals surface area contributed by atoms with Gasteiger partial charge in [0.25, 0.3) is 0 Å². The van der Waals surface area contributed by atoms with Gasteiger partial charge in [-0.25, -0.2) is 4.79 Å². The molecular formula is C15H15BrO7. The zero-order chi connectivity index (χ0) is 17.6. The average Bonchev–Trinajstić information content (AvgIpc) is 2.48. The van der Waals surface area contributed by atoms with Crippen molar-refractivity contribution in [2.45, 2.75) is 12.8 Å². The highest BCUT2D eigenvalue weighted by atomic mass is 79.9. The minimum Gasteiger partial charge on any atom is -0.493 e. The topological polar surface area (TPSA) is 99.1 Å². The molecule has 7 nitrogen and oxygen atoms in total. The summed E-state index contributed by atoms with van der Waals surface area (Å²) in [5, 5.41) is 8.62. The normalized spacial score (nSPS) is 9.87. The van der Waals surface area contributed by atoms with Gasteiger partial charge in [-0.15, -0.1) is 0 Å². The van der Waals surface area contributed by atoms with Crippen LogP contribution in [0.25, 0.3) is 0 Å². The smallest absolute Gasteiger partial charge is 0.331 e. The van der Waals surface area contributed by atoms with E-state index < -0.39 is 24.3 Å². The minimum atomic E-state index is -1.32. The van der Waals surface area contributed by atoms with E-state index in [0.717, 1.165) is 0 Å². The third-order valence-corrected chi connectivity index (χ3v) is 3.51. The van der Waals surface area contributed by atoms with Gasteiger partial charge in [-0.2, -0.15) is 0 Å². The molecule has 0 unspecified atom stereocenters. The minimum absolute atomic E-state index is 0.202. The molecule has 1 N–H and O–H groups in total. The number of ether oxygens (including phenoxy) is 3. The second-order valence-corrected chi connectivity index (χ2v) is 5.26. The second kappa shape index (κ2) is 8.33. The Kier molecular flexibility index (Phi) is 6.77. The molecule has 0 aromatic heterocycles. The average molecular weight is 387 g/mol. The first kappa shape index (κ1) is 18.7. The molecule has 0 aliphatic rings. The molecule has 8 heteroatoms. The van der Waals surface area contributed by atoms with E-state index in [9.17, 15) is 14.4 Å². The summed E-state index contributed by atoms with van der Waals surface area (Å²) >= 11 is 3.29. The molecule has 124 valence electrons. The molecule has 0 saturated heterocycles. The molecule has 0 radical (unpaired) electrons. The Labute approximate surface area is 141 Å². The fourth-order valence-corrected chi connectivity index (χ4v) is 2.10. The Morgan fingerprint density at radius 3 is 2.22 bits per heavy atom. The Morgan fingerprint density at radius 2 is 1.70 bits per heavy atom. The maximum atomic E-state index is 11.8. The van der Waals surface area contributed by atoms with Gasteiger partial charge in [-0.05, 0) is 17.7 Å². The third kappa shape index (κ3) is 5.41. The van der Waals surface area contributed by atoms with E-state index in [2.05, 4.69) is 27.2 Å².